The Labute approximate surface area is 236 Å². The summed E-state index contributed by atoms with van der Waals surface area (Å²) in [6.07, 6.45) is -1.07. The number of carbonyl (C=O) groups is 1. The largest absolute Gasteiger partial charge is 0.416 e. The lowest BCUT2D eigenvalue weighted by atomic mass is 9.97. The third-order valence-electron chi connectivity index (χ3n) is 7.12. The molecule has 1 heterocycles. The van der Waals surface area contributed by atoms with E-state index >= 15 is 0 Å². The first-order chi connectivity index (χ1) is 19.8. The van der Waals surface area contributed by atoms with Crippen molar-refractivity contribution >= 4 is 11.7 Å². The summed E-state index contributed by atoms with van der Waals surface area (Å²) >= 11 is 0. The molecule has 4 aromatic rings. The molecular weight excluding hydrogens is 530 g/mol. The lowest BCUT2D eigenvalue weighted by molar-refractivity contribution is -0.138. The van der Waals surface area contributed by atoms with Crippen LogP contribution in [0.3, 0.4) is 0 Å². The normalized spacial score (nSPS) is 17.0. The molecule has 5 rings (SSSR count). The molecule has 0 spiro atoms. The lowest BCUT2D eigenvalue weighted by Gasteiger charge is -2.35. The summed E-state index contributed by atoms with van der Waals surface area (Å²) in [5, 5.41) is 3.01. The summed E-state index contributed by atoms with van der Waals surface area (Å²) in [5.41, 5.74) is 2.69. The highest BCUT2D eigenvalue weighted by Crippen LogP contribution is 2.37. The summed E-state index contributed by atoms with van der Waals surface area (Å²) in [6, 6.07) is 27.7. The van der Waals surface area contributed by atoms with E-state index in [1.165, 1.54) is 24.3 Å². The standard InChI is InChI=1S/C33H29F4N3O/c34-26-18-16-24(17-19-26)23-40-22-21-39(20-8-15-31(40)28-12-4-6-13-29(28)33(35,36)37)32(41)38-30-14-7-5-11-27(30)25-9-2-1-3-10-25/h1-19,31H,20-23H2,(H,38,41)/b15-8-. The van der Waals surface area contributed by atoms with Gasteiger partial charge in [0.15, 0.2) is 0 Å². The van der Waals surface area contributed by atoms with Crippen LogP contribution < -0.4 is 5.32 Å². The second kappa shape index (κ2) is 12.4. The first-order valence-corrected chi connectivity index (χ1v) is 13.3. The Balaban J connectivity index is 1.42. The van der Waals surface area contributed by atoms with Crippen molar-refractivity contribution in [2.45, 2.75) is 18.8 Å². The molecule has 8 heteroatoms. The fraction of sp³-hybridized carbons (Fsp3) is 0.182. The van der Waals surface area contributed by atoms with Gasteiger partial charge >= 0.3 is 12.2 Å². The molecule has 0 bridgehead atoms. The smallest absolute Gasteiger partial charge is 0.320 e. The van der Waals surface area contributed by atoms with E-state index < -0.39 is 17.8 Å². The minimum atomic E-state index is -4.52. The monoisotopic (exact) mass is 559 g/mol. The molecule has 1 aliphatic heterocycles. The van der Waals surface area contributed by atoms with Gasteiger partial charge in [0.25, 0.3) is 0 Å². The molecule has 4 nitrogen and oxygen atoms in total. The molecule has 0 radical (unpaired) electrons. The number of hydrogen-bond acceptors (Lipinski definition) is 2. The van der Waals surface area contributed by atoms with Crippen LogP contribution in [-0.4, -0.2) is 35.5 Å². The van der Waals surface area contributed by atoms with Gasteiger partial charge in [-0.1, -0.05) is 91.0 Å². The number of rotatable bonds is 5. The maximum Gasteiger partial charge on any atom is 0.416 e. The van der Waals surface area contributed by atoms with Crippen LogP contribution in [0.25, 0.3) is 11.1 Å². The molecule has 0 aromatic heterocycles. The molecule has 1 N–H and O–H groups in total. The van der Waals surface area contributed by atoms with Crippen molar-refractivity contribution in [3.05, 3.63) is 138 Å². The van der Waals surface area contributed by atoms with Gasteiger partial charge in [-0.05, 0) is 41.0 Å². The van der Waals surface area contributed by atoms with E-state index in [4.69, 9.17) is 0 Å². The van der Waals surface area contributed by atoms with E-state index in [1.54, 1.807) is 35.3 Å². The number of benzene rings is 4. The van der Waals surface area contributed by atoms with Gasteiger partial charge in [-0.15, -0.1) is 0 Å². The molecule has 1 atom stereocenters. The molecule has 0 saturated heterocycles. The zero-order valence-electron chi connectivity index (χ0n) is 22.2. The van der Waals surface area contributed by atoms with Crippen molar-refractivity contribution in [2.24, 2.45) is 0 Å². The van der Waals surface area contributed by atoms with Crippen LogP contribution in [0.4, 0.5) is 28.0 Å². The van der Waals surface area contributed by atoms with Crippen LogP contribution in [-0.2, 0) is 12.7 Å². The van der Waals surface area contributed by atoms with Gasteiger partial charge < -0.3 is 10.2 Å². The quantitative estimate of drug-likeness (QED) is 0.198. The average molecular weight is 560 g/mol. The first-order valence-electron chi connectivity index (χ1n) is 13.3. The second-order valence-corrected chi connectivity index (χ2v) is 9.84. The van der Waals surface area contributed by atoms with Crippen LogP contribution in [0.1, 0.15) is 22.7 Å². The van der Waals surface area contributed by atoms with Crippen molar-refractivity contribution in [3.63, 3.8) is 0 Å². The zero-order valence-corrected chi connectivity index (χ0v) is 22.2. The van der Waals surface area contributed by atoms with Crippen molar-refractivity contribution in [1.29, 1.82) is 0 Å². The maximum absolute atomic E-state index is 14.0. The predicted octanol–water partition coefficient (Wildman–Crippen LogP) is 8.16. The lowest BCUT2D eigenvalue weighted by Crippen LogP contribution is -2.43. The van der Waals surface area contributed by atoms with E-state index in [2.05, 4.69) is 5.32 Å². The van der Waals surface area contributed by atoms with Gasteiger partial charge in [-0.25, -0.2) is 9.18 Å². The Bertz CT molecular complexity index is 1500. The van der Waals surface area contributed by atoms with E-state index in [9.17, 15) is 22.4 Å². The molecular formula is C33H29F4N3O. The van der Waals surface area contributed by atoms with Crippen molar-refractivity contribution in [2.75, 3.05) is 25.0 Å². The van der Waals surface area contributed by atoms with E-state index in [1.807, 2.05) is 59.5 Å². The second-order valence-electron chi connectivity index (χ2n) is 9.84. The molecule has 0 fully saturated rings. The highest BCUT2D eigenvalue weighted by molar-refractivity contribution is 5.94. The first kappa shape index (κ1) is 28.1. The number of hydrogen-bond donors (Lipinski definition) is 1. The maximum atomic E-state index is 14.0. The van der Waals surface area contributed by atoms with Gasteiger partial charge in [0.05, 0.1) is 17.3 Å². The summed E-state index contributed by atoms with van der Waals surface area (Å²) in [5.74, 6) is -0.390. The van der Waals surface area contributed by atoms with Crippen LogP contribution in [0.2, 0.25) is 0 Å². The Kier molecular flexibility index (Phi) is 8.50. The topological polar surface area (TPSA) is 35.6 Å². The van der Waals surface area contributed by atoms with Crippen LogP contribution in [0, 0.1) is 5.82 Å². The summed E-state index contributed by atoms with van der Waals surface area (Å²) in [4.78, 5) is 16.9. The average Bonchev–Trinajstić information content (AvgIpc) is 2.96. The fourth-order valence-electron chi connectivity index (χ4n) is 5.07. The minimum Gasteiger partial charge on any atom is -0.320 e. The summed E-state index contributed by atoms with van der Waals surface area (Å²) in [7, 11) is 0. The summed E-state index contributed by atoms with van der Waals surface area (Å²) in [6.45, 7) is 1.07. The number of para-hydroxylation sites is 1. The molecule has 2 amide bonds. The highest BCUT2D eigenvalue weighted by atomic mass is 19.4. The molecule has 41 heavy (non-hydrogen) atoms. The molecule has 0 saturated carbocycles. The molecule has 0 aliphatic carbocycles. The number of anilines is 1. The Morgan fingerprint density at radius 3 is 2.27 bits per heavy atom. The Morgan fingerprint density at radius 2 is 1.51 bits per heavy atom. The number of nitrogens with one attached hydrogen (secondary N) is 1. The Hall–Kier alpha value is -4.43. The van der Waals surface area contributed by atoms with Crippen molar-refractivity contribution in [1.82, 2.24) is 9.80 Å². The number of alkyl halides is 3. The number of nitrogens with zero attached hydrogens (tertiary/aromatic N) is 2. The van der Waals surface area contributed by atoms with E-state index in [0.29, 0.717) is 12.2 Å². The molecule has 1 unspecified atom stereocenters. The Morgan fingerprint density at radius 1 is 0.829 bits per heavy atom. The molecule has 4 aromatic carbocycles. The number of halogens is 4. The van der Waals surface area contributed by atoms with Gasteiger partial charge in [-0.3, -0.25) is 4.90 Å². The highest BCUT2D eigenvalue weighted by Gasteiger charge is 2.36. The molecule has 210 valence electrons. The third-order valence-corrected chi connectivity index (χ3v) is 7.12. The zero-order chi connectivity index (χ0) is 28.8. The van der Waals surface area contributed by atoms with E-state index in [0.717, 1.165) is 22.8 Å². The fourth-order valence-corrected chi connectivity index (χ4v) is 5.07. The number of amides is 2. The molecule has 1 aliphatic rings. The SMILES string of the molecule is O=C(Nc1ccccc1-c1ccccc1)N1C/C=C\C(c2ccccc2C(F)(F)F)N(Cc2ccc(F)cc2)CC1. The van der Waals surface area contributed by atoms with Gasteiger partial charge in [0, 0.05) is 31.7 Å². The van der Waals surface area contributed by atoms with Crippen molar-refractivity contribution in [3.8, 4) is 11.1 Å². The van der Waals surface area contributed by atoms with Crippen LogP contribution >= 0.6 is 0 Å². The van der Waals surface area contributed by atoms with Gasteiger partial charge in [0.2, 0.25) is 0 Å². The van der Waals surface area contributed by atoms with Gasteiger partial charge in [0.1, 0.15) is 5.82 Å². The predicted molar refractivity (Wildman–Crippen MR) is 153 cm³/mol. The van der Waals surface area contributed by atoms with Gasteiger partial charge in [-0.2, -0.15) is 13.2 Å². The summed E-state index contributed by atoms with van der Waals surface area (Å²) < 4.78 is 55.5. The van der Waals surface area contributed by atoms with Crippen LogP contribution in [0.5, 0.6) is 0 Å². The number of urea groups is 1. The number of carbonyl (C=O) groups excluding carboxylic acids is 1. The van der Waals surface area contributed by atoms with Crippen molar-refractivity contribution < 1.29 is 22.4 Å². The van der Waals surface area contributed by atoms with E-state index in [-0.39, 0.29) is 37.0 Å². The minimum absolute atomic E-state index is 0.132. The third kappa shape index (κ3) is 6.84. The van der Waals surface area contributed by atoms with Crippen LogP contribution in [0.15, 0.2) is 115 Å².